The van der Waals surface area contributed by atoms with Gasteiger partial charge in [-0.3, -0.25) is 0 Å². The molecule has 3 N–H and O–H groups in total. The molecule has 3 nitrogen and oxygen atoms in total. The molecule has 0 atom stereocenters. The van der Waals surface area contributed by atoms with Gasteiger partial charge < -0.3 is 15.8 Å². The number of benzene rings is 1. The van der Waals surface area contributed by atoms with Gasteiger partial charge >= 0.3 is 0 Å². The third-order valence-corrected chi connectivity index (χ3v) is 3.64. The van der Waals surface area contributed by atoms with E-state index in [9.17, 15) is 0 Å². The highest BCUT2D eigenvalue weighted by Crippen LogP contribution is 2.32. The van der Waals surface area contributed by atoms with Crippen LogP contribution in [0.15, 0.2) is 18.2 Å². The Balaban J connectivity index is 2.06. The van der Waals surface area contributed by atoms with E-state index in [4.69, 9.17) is 10.5 Å². The molecule has 106 valence electrons. The zero-order chi connectivity index (χ0) is 13.7. The summed E-state index contributed by atoms with van der Waals surface area (Å²) in [6.07, 6.45) is 8.01. The fourth-order valence-electron chi connectivity index (χ4n) is 2.67. The smallest absolute Gasteiger partial charge is 0.144 e. The lowest BCUT2D eigenvalue weighted by Gasteiger charge is -2.21. The minimum Gasteiger partial charge on any atom is -0.489 e. The number of ether oxygens (including phenoxy) is 1. The van der Waals surface area contributed by atoms with Crippen LogP contribution in [0.5, 0.6) is 5.75 Å². The Hall–Kier alpha value is -1.38. The lowest BCUT2D eigenvalue weighted by atomic mass is 10.1. The molecule has 1 aliphatic rings. The summed E-state index contributed by atoms with van der Waals surface area (Å²) in [5.74, 6) is 0.786. The zero-order valence-electron chi connectivity index (χ0n) is 12.1. The average Bonchev–Trinajstić information content (AvgIpc) is 2.62. The van der Waals surface area contributed by atoms with Crippen LogP contribution < -0.4 is 15.8 Å². The van der Waals surface area contributed by atoms with Crippen LogP contribution in [-0.2, 0) is 0 Å². The summed E-state index contributed by atoms with van der Waals surface area (Å²) >= 11 is 0. The molecule has 0 aliphatic heterocycles. The molecule has 1 saturated carbocycles. The van der Waals surface area contributed by atoms with E-state index >= 15 is 0 Å². The summed E-state index contributed by atoms with van der Waals surface area (Å²) in [6, 6.07) is 6.55. The van der Waals surface area contributed by atoms with Gasteiger partial charge in [-0.05, 0) is 38.8 Å². The summed E-state index contributed by atoms with van der Waals surface area (Å²) in [4.78, 5) is 0. The summed E-state index contributed by atoms with van der Waals surface area (Å²) in [6.45, 7) is 4.04. The second-order valence-electron chi connectivity index (χ2n) is 5.72. The number of anilines is 2. The van der Waals surface area contributed by atoms with Crippen molar-refractivity contribution in [3.05, 3.63) is 18.2 Å². The number of nitrogen functional groups attached to an aromatic ring is 1. The van der Waals surface area contributed by atoms with Gasteiger partial charge in [-0.2, -0.15) is 0 Å². The Labute approximate surface area is 116 Å². The summed E-state index contributed by atoms with van der Waals surface area (Å²) in [5.41, 5.74) is 7.96. The van der Waals surface area contributed by atoms with Crippen molar-refractivity contribution in [3.63, 3.8) is 0 Å². The maximum atomic E-state index is 6.20. The number of nitrogens with one attached hydrogen (secondary N) is 1. The van der Waals surface area contributed by atoms with Gasteiger partial charge in [0.1, 0.15) is 5.75 Å². The first-order valence-corrected chi connectivity index (χ1v) is 7.48. The number of para-hydroxylation sites is 1. The Kier molecular flexibility index (Phi) is 4.94. The Bertz CT molecular complexity index is 396. The maximum Gasteiger partial charge on any atom is 0.144 e. The molecule has 1 aromatic carbocycles. The van der Waals surface area contributed by atoms with Crippen molar-refractivity contribution in [2.45, 2.75) is 64.5 Å². The van der Waals surface area contributed by atoms with E-state index in [-0.39, 0.29) is 6.10 Å². The number of hydrogen-bond acceptors (Lipinski definition) is 3. The van der Waals surface area contributed by atoms with E-state index in [2.05, 4.69) is 5.32 Å². The Morgan fingerprint density at radius 3 is 2.47 bits per heavy atom. The molecule has 0 bridgehead atoms. The molecule has 0 radical (unpaired) electrons. The second-order valence-corrected chi connectivity index (χ2v) is 5.72. The molecule has 1 aliphatic carbocycles. The molecule has 1 fully saturated rings. The van der Waals surface area contributed by atoms with Crippen LogP contribution in [-0.4, -0.2) is 12.1 Å². The lowest BCUT2D eigenvalue weighted by Crippen LogP contribution is -2.19. The first-order chi connectivity index (χ1) is 9.16. The zero-order valence-corrected chi connectivity index (χ0v) is 12.1. The first-order valence-electron chi connectivity index (χ1n) is 7.48. The van der Waals surface area contributed by atoms with Gasteiger partial charge in [0.25, 0.3) is 0 Å². The van der Waals surface area contributed by atoms with E-state index in [0.29, 0.717) is 6.04 Å². The van der Waals surface area contributed by atoms with Crippen molar-refractivity contribution in [3.8, 4) is 5.75 Å². The Morgan fingerprint density at radius 1 is 1.16 bits per heavy atom. The molecule has 2 rings (SSSR count). The van der Waals surface area contributed by atoms with E-state index in [0.717, 1.165) is 17.1 Å². The molecular weight excluding hydrogens is 236 g/mol. The highest BCUT2D eigenvalue weighted by molar-refractivity contribution is 5.73. The van der Waals surface area contributed by atoms with Crippen LogP contribution in [0, 0.1) is 0 Å². The standard InChI is InChI=1S/C16H26N2O/c1-12(2)19-15-11-7-10-14(16(15)17)18-13-8-5-3-4-6-9-13/h7,10-13,18H,3-6,8-9,17H2,1-2H3. The van der Waals surface area contributed by atoms with Crippen LogP contribution in [0.2, 0.25) is 0 Å². The van der Waals surface area contributed by atoms with Crippen molar-refractivity contribution in [2.75, 3.05) is 11.1 Å². The van der Waals surface area contributed by atoms with E-state index in [1.165, 1.54) is 38.5 Å². The quantitative estimate of drug-likeness (QED) is 0.632. The Morgan fingerprint density at radius 2 is 1.84 bits per heavy atom. The first kappa shape index (κ1) is 14.0. The molecule has 0 spiro atoms. The van der Waals surface area contributed by atoms with Crippen LogP contribution >= 0.6 is 0 Å². The van der Waals surface area contributed by atoms with E-state index in [1.54, 1.807) is 0 Å². The number of hydrogen-bond donors (Lipinski definition) is 2. The average molecular weight is 262 g/mol. The second kappa shape index (κ2) is 6.69. The molecule has 0 heterocycles. The molecule has 0 unspecified atom stereocenters. The third-order valence-electron chi connectivity index (χ3n) is 3.64. The molecule has 0 saturated heterocycles. The molecule has 1 aromatic rings. The summed E-state index contributed by atoms with van der Waals surface area (Å²) < 4.78 is 5.73. The molecular formula is C16H26N2O. The van der Waals surface area contributed by atoms with Crippen molar-refractivity contribution < 1.29 is 4.74 Å². The molecule has 19 heavy (non-hydrogen) atoms. The summed E-state index contributed by atoms with van der Waals surface area (Å²) in [5, 5.41) is 3.60. The van der Waals surface area contributed by atoms with Gasteiger partial charge in [-0.25, -0.2) is 0 Å². The van der Waals surface area contributed by atoms with Crippen LogP contribution in [0.1, 0.15) is 52.4 Å². The SMILES string of the molecule is CC(C)Oc1cccc(NC2CCCCCC2)c1N. The minimum atomic E-state index is 0.149. The third kappa shape index (κ3) is 4.05. The van der Waals surface area contributed by atoms with Crippen LogP contribution in [0.4, 0.5) is 11.4 Å². The number of nitrogens with two attached hydrogens (primary N) is 1. The normalized spacial score (nSPS) is 17.2. The minimum absolute atomic E-state index is 0.149. The highest BCUT2D eigenvalue weighted by atomic mass is 16.5. The van der Waals surface area contributed by atoms with Crippen molar-refractivity contribution >= 4 is 11.4 Å². The van der Waals surface area contributed by atoms with Crippen molar-refractivity contribution in [2.24, 2.45) is 0 Å². The summed E-state index contributed by atoms with van der Waals surface area (Å²) in [7, 11) is 0. The van der Waals surface area contributed by atoms with E-state index < -0.39 is 0 Å². The number of rotatable bonds is 4. The highest BCUT2D eigenvalue weighted by Gasteiger charge is 2.14. The predicted molar refractivity (Wildman–Crippen MR) is 81.7 cm³/mol. The fourth-order valence-corrected chi connectivity index (χ4v) is 2.67. The van der Waals surface area contributed by atoms with Gasteiger partial charge in [0.05, 0.1) is 17.5 Å². The van der Waals surface area contributed by atoms with Gasteiger partial charge in [-0.1, -0.05) is 31.7 Å². The maximum absolute atomic E-state index is 6.20. The van der Waals surface area contributed by atoms with Crippen LogP contribution in [0.3, 0.4) is 0 Å². The lowest BCUT2D eigenvalue weighted by molar-refractivity contribution is 0.244. The van der Waals surface area contributed by atoms with Gasteiger partial charge in [0.2, 0.25) is 0 Å². The monoisotopic (exact) mass is 262 g/mol. The van der Waals surface area contributed by atoms with Gasteiger partial charge in [0.15, 0.2) is 0 Å². The van der Waals surface area contributed by atoms with Crippen molar-refractivity contribution in [1.29, 1.82) is 0 Å². The van der Waals surface area contributed by atoms with Gasteiger partial charge in [0, 0.05) is 6.04 Å². The topological polar surface area (TPSA) is 47.3 Å². The van der Waals surface area contributed by atoms with Crippen LogP contribution in [0.25, 0.3) is 0 Å². The van der Waals surface area contributed by atoms with E-state index in [1.807, 2.05) is 32.0 Å². The predicted octanol–water partition coefficient (Wildman–Crippen LogP) is 4.19. The van der Waals surface area contributed by atoms with Gasteiger partial charge in [-0.15, -0.1) is 0 Å². The molecule has 0 amide bonds. The molecule has 0 aromatic heterocycles. The largest absolute Gasteiger partial charge is 0.489 e. The van der Waals surface area contributed by atoms with Crippen molar-refractivity contribution in [1.82, 2.24) is 0 Å². The fraction of sp³-hybridized carbons (Fsp3) is 0.625. The molecule has 3 heteroatoms.